The van der Waals surface area contributed by atoms with Crippen LogP contribution in [-0.2, 0) is 10.0 Å². The number of hydrogen-bond donors (Lipinski definition) is 2. The lowest BCUT2D eigenvalue weighted by atomic mass is 10.3. The van der Waals surface area contributed by atoms with Crippen molar-refractivity contribution < 1.29 is 8.42 Å². The molecule has 0 amide bonds. The van der Waals surface area contributed by atoms with Gasteiger partial charge in [-0.15, -0.1) is 0 Å². The monoisotopic (exact) mass is 331 g/mol. The van der Waals surface area contributed by atoms with Gasteiger partial charge in [-0.1, -0.05) is 23.2 Å². The fourth-order valence-corrected chi connectivity index (χ4v) is 3.76. The van der Waals surface area contributed by atoms with Crippen molar-refractivity contribution in [2.45, 2.75) is 11.8 Å². The average molecular weight is 332 g/mol. The van der Waals surface area contributed by atoms with Gasteiger partial charge in [-0.3, -0.25) is 9.71 Å². The van der Waals surface area contributed by atoms with Crippen molar-refractivity contribution >= 4 is 44.6 Å². The Kier molecular flexibility index (Phi) is 4.08. The van der Waals surface area contributed by atoms with Crippen LogP contribution in [0.3, 0.4) is 0 Å². The molecule has 1 heterocycles. The Bertz CT molecular complexity index is 740. The van der Waals surface area contributed by atoms with E-state index in [1.807, 2.05) is 0 Å². The van der Waals surface area contributed by atoms with Gasteiger partial charge < -0.3 is 5.73 Å². The molecular formula is C12H11Cl2N3O2S. The summed E-state index contributed by atoms with van der Waals surface area (Å²) in [4.78, 5) is 3.80. The molecule has 0 aliphatic rings. The maximum absolute atomic E-state index is 12.4. The predicted octanol–water partition coefficient (Wildman–Crippen LogP) is 3.08. The molecule has 8 heteroatoms. The van der Waals surface area contributed by atoms with E-state index < -0.39 is 10.0 Å². The molecule has 0 saturated heterocycles. The van der Waals surface area contributed by atoms with Crippen molar-refractivity contribution in [2.24, 2.45) is 0 Å². The largest absolute Gasteiger partial charge is 0.398 e. The van der Waals surface area contributed by atoms with Crippen molar-refractivity contribution in [3.8, 4) is 0 Å². The van der Waals surface area contributed by atoms with Crippen LogP contribution < -0.4 is 10.5 Å². The first-order chi connectivity index (χ1) is 9.31. The standard InChI is InChI=1S/C12H11Cl2N3O2S/c1-7-11(3-2-4-16-7)17-20(18,19)12-9(14)5-8(13)6-10(12)15/h2-6,17H,15H2,1H3. The second-order valence-electron chi connectivity index (χ2n) is 4.05. The van der Waals surface area contributed by atoms with Crippen LogP contribution in [0.2, 0.25) is 10.0 Å². The minimum atomic E-state index is -3.92. The molecule has 106 valence electrons. The number of nitrogen functional groups attached to an aromatic ring is 1. The highest BCUT2D eigenvalue weighted by Gasteiger charge is 2.22. The van der Waals surface area contributed by atoms with E-state index in [2.05, 4.69) is 9.71 Å². The first-order valence-corrected chi connectivity index (χ1v) is 7.74. The van der Waals surface area contributed by atoms with Gasteiger partial charge in [-0.2, -0.15) is 0 Å². The van der Waals surface area contributed by atoms with Gasteiger partial charge in [0.05, 0.1) is 22.1 Å². The number of aryl methyl sites for hydroxylation is 1. The molecule has 0 bridgehead atoms. The van der Waals surface area contributed by atoms with E-state index in [-0.39, 0.29) is 20.6 Å². The van der Waals surface area contributed by atoms with Crippen molar-refractivity contribution in [3.05, 3.63) is 46.2 Å². The molecule has 2 rings (SSSR count). The molecule has 0 radical (unpaired) electrons. The number of hydrogen-bond acceptors (Lipinski definition) is 4. The zero-order valence-corrected chi connectivity index (χ0v) is 12.7. The number of pyridine rings is 1. The topological polar surface area (TPSA) is 85.1 Å². The molecule has 0 spiro atoms. The SMILES string of the molecule is Cc1ncccc1NS(=O)(=O)c1c(N)cc(Cl)cc1Cl. The highest BCUT2D eigenvalue weighted by molar-refractivity contribution is 7.93. The number of nitrogens with one attached hydrogen (secondary N) is 1. The van der Waals surface area contributed by atoms with E-state index in [1.165, 1.54) is 12.1 Å². The zero-order chi connectivity index (χ0) is 14.9. The summed E-state index contributed by atoms with van der Waals surface area (Å²) in [6, 6.07) is 5.87. The number of sulfonamides is 1. The Hall–Kier alpha value is -1.50. The third-order valence-electron chi connectivity index (χ3n) is 2.56. The van der Waals surface area contributed by atoms with Crippen LogP contribution >= 0.6 is 23.2 Å². The van der Waals surface area contributed by atoms with Gasteiger partial charge in [0.25, 0.3) is 10.0 Å². The smallest absolute Gasteiger partial charge is 0.265 e. The third-order valence-corrected chi connectivity index (χ3v) is 4.67. The Balaban J connectivity index is 2.50. The van der Waals surface area contributed by atoms with Crippen LogP contribution in [-0.4, -0.2) is 13.4 Å². The van der Waals surface area contributed by atoms with E-state index in [4.69, 9.17) is 28.9 Å². The molecule has 1 aromatic carbocycles. The summed E-state index contributed by atoms with van der Waals surface area (Å²) in [7, 11) is -3.92. The molecule has 0 unspecified atom stereocenters. The molecular weight excluding hydrogens is 321 g/mol. The third kappa shape index (κ3) is 2.98. The lowest BCUT2D eigenvalue weighted by molar-refractivity contribution is 0.601. The van der Waals surface area contributed by atoms with Gasteiger partial charge in [0.2, 0.25) is 0 Å². The Morgan fingerprint density at radius 1 is 1.30 bits per heavy atom. The van der Waals surface area contributed by atoms with E-state index >= 15 is 0 Å². The average Bonchev–Trinajstić information content (AvgIpc) is 2.30. The minimum absolute atomic E-state index is 0.0171. The number of benzene rings is 1. The second kappa shape index (κ2) is 5.47. The van der Waals surface area contributed by atoms with Gasteiger partial charge in [0.15, 0.2) is 0 Å². The number of rotatable bonds is 3. The summed E-state index contributed by atoms with van der Waals surface area (Å²) in [6.45, 7) is 1.69. The van der Waals surface area contributed by atoms with Crippen LogP contribution in [0.15, 0.2) is 35.4 Å². The van der Waals surface area contributed by atoms with Crippen LogP contribution in [0.5, 0.6) is 0 Å². The van der Waals surface area contributed by atoms with Gasteiger partial charge in [0, 0.05) is 11.2 Å². The molecule has 0 fully saturated rings. The normalized spacial score (nSPS) is 11.3. The predicted molar refractivity (Wildman–Crippen MR) is 80.7 cm³/mol. The van der Waals surface area contributed by atoms with Crippen molar-refractivity contribution in [1.82, 2.24) is 4.98 Å². The van der Waals surface area contributed by atoms with Crippen LogP contribution in [0.25, 0.3) is 0 Å². The van der Waals surface area contributed by atoms with E-state index in [9.17, 15) is 8.42 Å². The number of nitrogens with zero attached hydrogens (tertiary/aromatic N) is 1. The zero-order valence-electron chi connectivity index (χ0n) is 10.4. The van der Waals surface area contributed by atoms with Gasteiger partial charge in [-0.25, -0.2) is 8.42 Å². The maximum atomic E-state index is 12.4. The fraction of sp³-hybridized carbons (Fsp3) is 0.0833. The summed E-state index contributed by atoms with van der Waals surface area (Å²) in [5, 5.41) is 0.230. The second-order valence-corrected chi connectivity index (χ2v) is 6.51. The highest BCUT2D eigenvalue weighted by Crippen LogP contribution is 2.32. The first-order valence-electron chi connectivity index (χ1n) is 5.50. The van der Waals surface area contributed by atoms with Crippen molar-refractivity contribution in [3.63, 3.8) is 0 Å². The van der Waals surface area contributed by atoms with E-state index in [1.54, 1.807) is 25.3 Å². The van der Waals surface area contributed by atoms with E-state index in [0.717, 1.165) is 0 Å². The number of anilines is 2. The minimum Gasteiger partial charge on any atom is -0.398 e. The Morgan fingerprint density at radius 3 is 2.60 bits per heavy atom. The molecule has 2 aromatic rings. The van der Waals surface area contributed by atoms with Crippen LogP contribution in [0.4, 0.5) is 11.4 Å². The van der Waals surface area contributed by atoms with Crippen molar-refractivity contribution in [1.29, 1.82) is 0 Å². The molecule has 0 aliphatic carbocycles. The highest BCUT2D eigenvalue weighted by atomic mass is 35.5. The summed E-state index contributed by atoms with van der Waals surface area (Å²) in [6.07, 6.45) is 1.57. The van der Waals surface area contributed by atoms with Crippen LogP contribution in [0, 0.1) is 6.92 Å². The summed E-state index contributed by atoms with van der Waals surface area (Å²) < 4.78 is 27.1. The summed E-state index contributed by atoms with van der Waals surface area (Å²) in [5.41, 5.74) is 6.58. The first kappa shape index (κ1) is 14.9. The molecule has 1 aromatic heterocycles. The number of nitrogens with two attached hydrogens (primary N) is 1. The maximum Gasteiger partial charge on any atom is 0.265 e. The van der Waals surface area contributed by atoms with Crippen LogP contribution in [0.1, 0.15) is 5.69 Å². The molecule has 20 heavy (non-hydrogen) atoms. The Labute approximate surface area is 126 Å². The summed E-state index contributed by atoms with van der Waals surface area (Å²) in [5.74, 6) is 0. The number of halogens is 2. The quantitative estimate of drug-likeness (QED) is 0.846. The van der Waals surface area contributed by atoms with Crippen molar-refractivity contribution in [2.75, 3.05) is 10.5 Å². The van der Waals surface area contributed by atoms with E-state index in [0.29, 0.717) is 11.4 Å². The van der Waals surface area contributed by atoms with Gasteiger partial charge in [-0.05, 0) is 31.2 Å². The fourth-order valence-electron chi connectivity index (χ4n) is 1.65. The van der Waals surface area contributed by atoms with Gasteiger partial charge >= 0.3 is 0 Å². The number of aromatic nitrogens is 1. The lowest BCUT2D eigenvalue weighted by Gasteiger charge is -2.13. The molecule has 3 N–H and O–H groups in total. The Morgan fingerprint density at radius 2 is 2.00 bits per heavy atom. The summed E-state index contributed by atoms with van der Waals surface area (Å²) >= 11 is 11.7. The molecule has 0 aliphatic heterocycles. The molecule has 0 saturated carbocycles. The molecule has 0 atom stereocenters. The lowest BCUT2D eigenvalue weighted by Crippen LogP contribution is -2.16. The molecule has 5 nitrogen and oxygen atoms in total. The van der Waals surface area contributed by atoms with Gasteiger partial charge in [0.1, 0.15) is 4.90 Å².